The number of carbonyl (C=O) groups is 2. The molecule has 3 fully saturated rings. The Hall–Kier alpha value is 4.47. The fraction of sp³-hybridized carbons (Fsp3) is 0.535. The van der Waals surface area contributed by atoms with E-state index in [9.17, 15) is 14.7 Å². The minimum atomic E-state index is -0.750. The number of aliphatic hydroxyl groups excluding tert-OH is 1. The number of methoxy groups -OCH3 is 2. The van der Waals surface area contributed by atoms with Crippen LogP contribution in [0.2, 0.25) is 43.8 Å². The summed E-state index contributed by atoms with van der Waals surface area (Å²) in [7, 11) is 7.07. The Kier molecular flexibility index (Phi) is 45.0. The quantitative estimate of drug-likeness (QED) is 0.127. The van der Waals surface area contributed by atoms with Crippen LogP contribution in [0, 0.1) is 0 Å². The predicted octanol–water partition coefficient (Wildman–Crippen LogP) is 15.9. The molecule has 2 N–H and O–H groups in total. The van der Waals surface area contributed by atoms with Crippen molar-refractivity contribution in [1.29, 1.82) is 0 Å². The molecule has 3 aliphatic heterocycles. The van der Waals surface area contributed by atoms with E-state index in [4.69, 9.17) is 93.3 Å². The van der Waals surface area contributed by atoms with Gasteiger partial charge in [-0.1, -0.05) is 109 Å². The summed E-state index contributed by atoms with van der Waals surface area (Å²) in [5.74, 6) is -0.0363. The fourth-order valence-electron chi connectivity index (χ4n) is 7.45. The van der Waals surface area contributed by atoms with Crippen molar-refractivity contribution in [3.8, 4) is 0 Å². The molecule has 3 unspecified atom stereocenters. The van der Waals surface area contributed by atoms with E-state index in [0.29, 0.717) is 112 Å². The topological polar surface area (TPSA) is 119 Å². The molecular formula is C43H57B2Cl6I7N3O8V2. The second-order valence-corrected chi connectivity index (χ2v) is 64.5. The molecule has 3 saturated heterocycles. The van der Waals surface area contributed by atoms with Crippen molar-refractivity contribution in [3.63, 3.8) is 0 Å². The first kappa shape index (κ1) is 75.5. The van der Waals surface area contributed by atoms with Gasteiger partial charge in [-0.25, -0.2) is 0 Å². The summed E-state index contributed by atoms with van der Waals surface area (Å²) in [6.45, 7) is 9.76. The number of carbonyl (C=O) groups excluding carboxylic acids is 2. The second kappa shape index (κ2) is 42.3. The Morgan fingerprint density at radius 3 is 1.32 bits per heavy atom. The van der Waals surface area contributed by atoms with Crippen LogP contribution in [0.1, 0.15) is 43.4 Å². The molecule has 0 spiro atoms. The molecule has 3 aromatic rings. The van der Waals surface area contributed by atoms with E-state index in [0.717, 1.165) is 36.2 Å². The molecule has 3 heterocycles. The molecule has 6 rings (SSSR count). The predicted molar refractivity (Wildman–Crippen MR) is 352 cm³/mol. The minimum absolute atomic E-state index is 0. The molecule has 0 bridgehead atoms. The number of nitrogens with one attached hydrogen (secondary N) is 1. The molecule has 2 radical (unpaired) electrons. The number of aliphatic hydroxyl groups is 1. The van der Waals surface area contributed by atoms with E-state index in [1.165, 1.54) is 7.28 Å². The number of halogens is 13. The van der Waals surface area contributed by atoms with Gasteiger partial charge in [-0.15, -0.1) is 0 Å². The standard InChI is InChI=1S/C15H19BCl2NO3.C14H17BCl2NO3.C13H17Cl2NO2.CH4.I2.5HI.2V/c1-16-14(20)19-6-8-22-15(10-19,5-7-21-2)11-3-4-12(17)13(18)9-11;1-15-13(20)18-5-7-21-14(9-18,4-6-19)10-2-3-11(16)12(17)8-10;1-17-6-4-13(9-16-5-7-18-13)10-2-3-11(14)12(15)8-10;;1-2;;;;;;;/h3-4,9H,5-8,10H2,1-2H3;2-3,8,19H,4-7,9H2,1H3;2-3,8,16H,4-7,9H2,1H3;1H4;;5*1H;;/q;;;;;;;;;;+2;+3/p-5. The number of ether oxygens (including phenoxy) is 5. The monoisotopic (exact) mass is 1970 g/mol. The Bertz CT molecular complexity index is 2010. The van der Waals surface area contributed by atoms with Gasteiger partial charge in [-0.3, -0.25) is 9.59 Å². The van der Waals surface area contributed by atoms with Crippen LogP contribution in [-0.4, -0.2) is 134 Å². The number of benzene rings is 3. The van der Waals surface area contributed by atoms with Gasteiger partial charge in [0.25, 0.3) is 0 Å². The summed E-state index contributed by atoms with van der Waals surface area (Å²) in [6.07, 6.45) is 1.81. The van der Waals surface area contributed by atoms with E-state index in [-0.39, 0.29) is 36.2 Å². The summed E-state index contributed by atoms with van der Waals surface area (Å²) in [4.78, 5) is 27.2. The third-order valence-corrected chi connectivity index (χ3v) is 13.0. The molecule has 71 heavy (non-hydrogen) atoms. The molecular weight excluding hydrogens is 1910 g/mol. The average molecular weight is 1970 g/mol. The second-order valence-electron chi connectivity index (χ2n) is 14.9. The summed E-state index contributed by atoms with van der Waals surface area (Å²) in [5, 5.41) is 15.7. The molecule has 3 aliphatic rings. The van der Waals surface area contributed by atoms with Gasteiger partial charge in [0.15, 0.2) is 11.6 Å². The number of hydrogen-bond donors (Lipinski definition) is 2. The summed E-state index contributed by atoms with van der Waals surface area (Å²) in [6, 6.07) is 16.4. The van der Waals surface area contributed by atoms with Crippen LogP contribution in [0.5, 0.6) is 0 Å². The SMILES string of the molecule is C.COCCC1(c2ccc(Cl)c(Cl)c2)CNCCO1.C[B]C(=O)N1CCOC(CCO)(c2ccc(Cl)c(Cl)c2)C1.C[B]C(=O)N1CCOC(CCOC)(c2ccc(Cl)c(Cl)c2)C1.II.[I][V]([I])[I].[I][V][I]. The van der Waals surface area contributed by atoms with Gasteiger partial charge in [0.1, 0.15) is 16.8 Å². The summed E-state index contributed by atoms with van der Waals surface area (Å²) in [5.41, 5.74) is 1.03. The molecule has 3 aromatic carbocycles. The zero-order valence-corrected chi connectivity index (χ0v) is 60.9. The van der Waals surface area contributed by atoms with Gasteiger partial charge in [0.2, 0.25) is 14.6 Å². The molecule has 0 saturated carbocycles. The van der Waals surface area contributed by atoms with Crippen molar-refractivity contribution >= 4 is 233 Å². The van der Waals surface area contributed by atoms with Crippen molar-refractivity contribution in [1.82, 2.24) is 15.1 Å². The molecule has 2 amide bonds. The number of rotatable bonds is 13. The third-order valence-electron chi connectivity index (χ3n) is 10.8. The molecule has 3 atom stereocenters. The van der Waals surface area contributed by atoms with Crippen LogP contribution in [0.15, 0.2) is 54.6 Å². The van der Waals surface area contributed by atoms with Crippen molar-refractivity contribution in [2.75, 3.05) is 93.1 Å². The third kappa shape index (κ3) is 26.5. The Morgan fingerprint density at radius 2 is 1.01 bits per heavy atom. The van der Waals surface area contributed by atoms with Gasteiger partial charge < -0.3 is 43.9 Å². The van der Waals surface area contributed by atoms with Crippen molar-refractivity contribution in [2.45, 2.75) is 57.1 Å². The van der Waals surface area contributed by atoms with Gasteiger partial charge in [-0.2, -0.15) is 0 Å². The van der Waals surface area contributed by atoms with Crippen LogP contribution in [0.3, 0.4) is 0 Å². The van der Waals surface area contributed by atoms with Crippen LogP contribution in [0.4, 0.5) is 9.59 Å². The number of amides is 2. The normalized spacial score (nSPS) is 20.2. The Morgan fingerprint density at radius 1 is 0.676 bits per heavy atom. The van der Waals surface area contributed by atoms with Crippen molar-refractivity contribution < 1.29 is 52.8 Å². The number of hydrogen-bond acceptors (Lipinski definition) is 9. The van der Waals surface area contributed by atoms with Crippen molar-refractivity contribution in [2.24, 2.45) is 0 Å². The van der Waals surface area contributed by atoms with Crippen LogP contribution >= 0.6 is 207 Å². The van der Waals surface area contributed by atoms with Crippen LogP contribution in [-0.2, 0) is 54.9 Å². The van der Waals surface area contributed by atoms with E-state index in [1.54, 1.807) is 63.1 Å². The molecule has 11 nitrogen and oxygen atoms in total. The Labute approximate surface area is 543 Å². The Balaban J connectivity index is 0.000000950. The maximum absolute atomic E-state index is 12.0. The summed E-state index contributed by atoms with van der Waals surface area (Å²) >= 11 is 52.6. The molecule has 399 valence electrons. The van der Waals surface area contributed by atoms with E-state index in [2.05, 4.69) is 142 Å². The van der Waals surface area contributed by atoms with Crippen molar-refractivity contribution in [3.05, 3.63) is 101 Å². The first-order chi connectivity index (χ1) is 33.4. The average Bonchev–Trinajstić information content (AvgIpc) is 3.36. The first-order valence-corrected chi connectivity index (χ1v) is 52.0. The van der Waals surface area contributed by atoms with E-state index < -0.39 is 11.2 Å². The first-order valence-electron chi connectivity index (χ1n) is 21.0. The van der Waals surface area contributed by atoms with Crippen LogP contribution < -0.4 is 5.32 Å². The van der Waals surface area contributed by atoms with Gasteiger partial charge in [-0.05, 0) is 53.1 Å². The molecule has 0 aromatic heterocycles. The fourth-order valence-corrected chi connectivity index (χ4v) is 8.35. The maximum atomic E-state index is 12.0. The number of morpholine rings is 3. The van der Waals surface area contributed by atoms with E-state index in [1.807, 2.05) is 36.4 Å². The van der Waals surface area contributed by atoms with E-state index >= 15 is 0 Å². The van der Waals surface area contributed by atoms with Gasteiger partial charge >= 0.3 is 114 Å². The van der Waals surface area contributed by atoms with Gasteiger partial charge in [0, 0.05) is 117 Å². The molecule has 0 aliphatic carbocycles. The molecule has 28 heteroatoms. The van der Waals surface area contributed by atoms with Gasteiger partial charge in [0.05, 0.1) is 63.0 Å². The zero-order chi connectivity index (χ0) is 52.9. The van der Waals surface area contributed by atoms with Crippen LogP contribution in [0.25, 0.3) is 0 Å². The summed E-state index contributed by atoms with van der Waals surface area (Å²) < 4.78 is 28.4. The zero-order valence-electron chi connectivity index (χ0n) is 38.5. The number of nitrogens with zero attached hydrogens (tertiary/aromatic N) is 2.